The molecule has 0 aliphatic carbocycles. The van der Waals surface area contributed by atoms with Crippen molar-refractivity contribution in [1.29, 1.82) is 0 Å². The van der Waals surface area contributed by atoms with Crippen LogP contribution in [0.5, 0.6) is 0 Å². The first-order valence-electron chi connectivity index (χ1n) is 6.04. The van der Waals surface area contributed by atoms with E-state index in [-0.39, 0.29) is 17.7 Å². The first kappa shape index (κ1) is 14.2. The van der Waals surface area contributed by atoms with Crippen LogP contribution in [0.15, 0.2) is 24.5 Å². The number of carbonyl (C=O) groups excluding carboxylic acids is 2. The van der Waals surface area contributed by atoms with E-state index < -0.39 is 6.04 Å². The first-order valence-corrected chi connectivity index (χ1v) is 6.04. The molecule has 5 heteroatoms. The van der Waals surface area contributed by atoms with E-state index in [0.29, 0.717) is 12.1 Å². The molecule has 2 N–H and O–H groups in total. The van der Waals surface area contributed by atoms with Gasteiger partial charge >= 0.3 is 0 Å². The number of hydrogen-bond donors (Lipinski definition) is 2. The zero-order valence-corrected chi connectivity index (χ0v) is 10.9. The van der Waals surface area contributed by atoms with Crippen LogP contribution in [0.3, 0.4) is 0 Å². The van der Waals surface area contributed by atoms with Crippen LogP contribution < -0.4 is 10.6 Å². The Balaban J connectivity index is 2.73. The van der Waals surface area contributed by atoms with Crippen molar-refractivity contribution in [2.75, 3.05) is 6.54 Å². The number of nitrogens with one attached hydrogen (secondary N) is 2. The van der Waals surface area contributed by atoms with Gasteiger partial charge in [0, 0.05) is 24.5 Å². The second-order valence-corrected chi connectivity index (χ2v) is 4.33. The minimum atomic E-state index is -0.523. The van der Waals surface area contributed by atoms with Gasteiger partial charge in [-0.3, -0.25) is 14.6 Å². The van der Waals surface area contributed by atoms with Gasteiger partial charge < -0.3 is 10.6 Å². The van der Waals surface area contributed by atoms with Crippen molar-refractivity contribution in [3.63, 3.8) is 0 Å². The lowest BCUT2D eigenvalue weighted by molar-refractivity contribution is -0.123. The van der Waals surface area contributed by atoms with Crippen LogP contribution in [0.4, 0.5) is 0 Å². The number of carbonyl (C=O) groups is 2. The monoisotopic (exact) mass is 249 g/mol. The Hall–Kier alpha value is -1.91. The van der Waals surface area contributed by atoms with Gasteiger partial charge in [-0.15, -0.1) is 0 Å². The Labute approximate surface area is 107 Å². The van der Waals surface area contributed by atoms with Crippen LogP contribution in [0.2, 0.25) is 0 Å². The van der Waals surface area contributed by atoms with Gasteiger partial charge in [0.25, 0.3) is 5.91 Å². The van der Waals surface area contributed by atoms with Gasteiger partial charge in [0.1, 0.15) is 6.04 Å². The number of amides is 2. The van der Waals surface area contributed by atoms with Crippen molar-refractivity contribution >= 4 is 11.8 Å². The molecule has 1 unspecified atom stereocenters. The summed E-state index contributed by atoms with van der Waals surface area (Å²) in [6, 6.07) is 2.71. The molecule has 1 aromatic heterocycles. The molecule has 98 valence electrons. The summed E-state index contributed by atoms with van der Waals surface area (Å²) in [5.74, 6) is -0.389. The number of nitrogens with zero attached hydrogens (tertiary/aromatic N) is 1. The molecule has 0 aliphatic rings. The number of aromatic nitrogens is 1. The minimum Gasteiger partial charge on any atom is -0.355 e. The predicted octanol–water partition coefficient (Wildman–Crippen LogP) is 0.972. The second-order valence-electron chi connectivity index (χ2n) is 4.33. The molecular formula is C13H19N3O2. The summed E-state index contributed by atoms with van der Waals surface area (Å²) in [6.07, 6.45) is 3.09. The summed E-state index contributed by atoms with van der Waals surface area (Å²) in [5, 5.41) is 5.46. The molecule has 1 rings (SSSR count). The third-order valence-electron chi connectivity index (χ3n) is 2.53. The zero-order chi connectivity index (χ0) is 13.5. The van der Waals surface area contributed by atoms with Gasteiger partial charge in [-0.2, -0.15) is 0 Å². The molecule has 0 aromatic carbocycles. The average Bonchev–Trinajstić information content (AvgIpc) is 2.36. The van der Waals surface area contributed by atoms with Crippen LogP contribution in [0, 0.1) is 5.92 Å². The molecular weight excluding hydrogens is 230 g/mol. The summed E-state index contributed by atoms with van der Waals surface area (Å²) in [6.45, 7) is 6.19. The van der Waals surface area contributed by atoms with Crippen molar-refractivity contribution < 1.29 is 9.59 Å². The van der Waals surface area contributed by atoms with Gasteiger partial charge in [-0.25, -0.2) is 0 Å². The minimum absolute atomic E-state index is 0.0299. The summed E-state index contributed by atoms with van der Waals surface area (Å²) < 4.78 is 0. The van der Waals surface area contributed by atoms with Crippen LogP contribution >= 0.6 is 0 Å². The summed E-state index contributed by atoms with van der Waals surface area (Å²) in [7, 11) is 0. The third-order valence-corrected chi connectivity index (χ3v) is 2.53. The molecule has 1 atom stereocenters. The number of likely N-dealkylation sites (N-methyl/N-ethyl adjacent to an activating group) is 1. The predicted molar refractivity (Wildman–Crippen MR) is 69.0 cm³/mol. The lowest BCUT2D eigenvalue weighted by atomic mass is 10.0. The Morgan fingerprint density at radius 2 is 1.89 bits per heavy atom. The quantitative estimate of drug-likeness (QED) is 0.817. The average molecular weight is 249 g/mol. The highest BCUT2D eigenvalue weighted by atomic mass is 16.2. The van der Waals surface area contributed by atoms with E-state index in [1.165, 1.54) is 0 Å². The lowest BCUT2D eigenvalue weighted by Gasteiger charge is -2.21. The Morgan fingerprint density at radius 3 is 2.39 bits per heavy atom. The highest BCUT2D eigenvalue weighted by molar-refractivity contribution is 5.97. The fraction of sp³-hybridized carbons (Fsp3) is 0.462. The van der Waals surface area contributed by atoms with Crippen LogP contribution in [0.25, 0.3) is 0 Å². The first-order chi connectivity index (χ1) is 8.56. The molecule has 0 saturated heterocycles. The third kappa shape index (κ3) is 3.84. The van der Waals surface area contributed by atoms with Gasteiger partial charge in [0.2, 0.25) is 5.91 Å². The lowest BCUT2D eigenvalue weighted by Crippen LogP contribution is -2.49. The summed E-state index contributed by atoms with van der Waals surface area (Å²) >= 11 is 0. The van der Waals surface area contributed by atoms with Crippen LogP contribution in [-0.4, -0.2) is 29.4 Å². The second kappa shape index (κ2) is 6.74. The fourth-order valence-electron chi connectivity index (χ4n) is 1.55. The molecule has 18 heavy (non-hydrogen) atoms. The van der Waals surface area contributed by atoms with Gasteiger partial charge in [0.15, 0.2) is 0 Å². The molecule has 0 aliphatic heterocycles. The molecule has 2 amide bonds. The Kier molecular flexibility index (Phi) is 5.30. The van der Waals surface area contributed by atoms with E-state index in [0.717, 1.165) is 0 Å². The van der Waals surface area contributed by atoms with Crippen LogP contribution in [-0.2, 0) is 4.79 Å². The SMILES string of the molecule is CCNC(=O)C(NC(=O)c1ccncc1)C(C)C. The molecule has 0 saturated carbocycles. The summed E-state index contributed by atoms with van der Waals surface area (Å²) in [4.78, 5) is 27.6. The number of hydrogen-bond acceptors (Lipinski definition) is 3. The van der Waals surface area contributed by atoms with E-state index in [2.05, 4.69) is 15.6 Å². The molecule has 1 aromatic rings. The van der Waals surface area contributed by atoms with Crippen LogP contribution in [0.1, 0.15) is 31.1 Å². The maximum atomic E-state index is 11.9. The fourth-order valence-corrected chi connectivity index (χ4v) is 1.55. The van der Waals surface area contributed by atoms with Gasteiger partial charge in [-0.05, 0) is 25.0 Å². The normalized spacial score (nSPS) is 12.0. The Morgan fingerprint density at radius 1 is 1.28 bits per heavy atom. The topological polar surface area (TPSA) is 71.1 Å². The van der Waals surface area contributed by atoms with E-state index in [9.17, 15) is 9.59 Å². The molecule has 5 nitrogen and oxygen atoms in total. The van der Waals surface area contributed by atoms with E-state index >= 15 is 0 Å². The zero-order valence-electron chi connectivity index (χ0n) is 10.9. The molecule has 1 heterocycles. The maximum Gasteiger partial charge on any atom is 0.252 e. The highest BCUT2D eigenvalue weighted by Crippen LogP contribution is 2.04. The molecule has 0 radical (unpaired) electrons. The molecule has 0 fully saturated rings. The van der Waals surface area contributed by atoms with E-state index in [1.807, 2.05) is 20.8 Å². The number of pyridine rings is 1. The maximum absolute atomic E-state index is 11.9. The summed E-state index contributed by atoms with van der Waals surface area (Å²) in [5.41, 5.74) is 0.500. The highest BCUT2D eigenvalue weighted by Gasteiger charge is 2.23. The molecule has 0 spiro atoms. The van der Waals surface area contributed by atoms with Crippen molar-refractivity contribution in [3.8, 4) is 0 Å². The largest absolute Gasteiger partial charge is 0.355 e. The molecule has 0 bridgehead atoms. The van der Waals surface area contributed by atoms with Gasteiger partial charge in [0.05, 0.1) is 0 Å². The number of rotatable bonds is 5. The van der Waals surface area contributed by atoms with Gasteiger partial charge in [-0.1, -0.05) is 13.8 Å². The van der Waals surface area contributed by atoms with E-state index in [1.54, 1.807) is 24.5 Å². The smallest absolute Gasteiger partial charge is 0.252 e. The standard InChI is InChI=1S/C13H19N3O2/c1-4-15-13(18)11(9(2)3)16-12(17)10-5-7-14-8-6-10/h5-9,11H,4H2,1-3H3,(H,15,18)(H,16,17). The van der Waals surface area contributed by atoms with Crippen molar-refractivity contribution in [2.45, 2.75) is 26.8 Å². The Bertz CT molecular complexity index is 404. The van der Waals surface area contributed by atoms with Crippen molar-refractivity contribution in [1.82, 2.24) is 15.6 Å². The van der Waals surface area contributed by atoms with Crippen molar-refractivity contribution in [2.24, 2.45) is 5.92 Å². The van der Waals surface area contributed by atoms with Crippen molar-refractivity contribution in [3.05, 3.63) is 30.1 Å². The van der Waals surface area contributed by atoms with E-state index in [4.69, 9.17) is 0 Å².